The number of hydrogen-bond acceptors (Lipinski definition) is 3. The molecular formula is C18H35N5O. The van der Waals surface area contributed by atoms with Gasteiger partial charge in [-0.2, -0.15) is 0 Å². The molecular weight excluding hydrogens is 302 g/mol. The van der Waals surface area contributed by atoms with E-state index in [-0.39, 0.29) is 5.91 Å². The molecule has 0 aliphatic carbocycles. The third-order valence-corrected chi connectivity index (χ3v) is 5.22. The Labute approximate surface area is 146 Å². The molecule has 138 valence electrons. The van der Waals surface area contributed by atoms with Gasteiger partial charge in [-0.1, -0.05) is 6.92 Å². The van der Waals surface area contributed by atoms with Gasteiger partial charge in [0.25, 0.3) is 0 Å². The number of nitrogens with one attached hydrogen (secondary N) is 1. The fourth-order valence-electron chi connectivity index (χ4n) is 3.94. The number of aliphatic imine (C=N–C) groups is 1. The van der Waals surface area contributed by atoms with Crippen LogP contribution < -0.4 is 11.1 Å². The van der Waals surface area contributed by atoms with Crippen molar-refractivity contribution in [3.8, 4) is 0 Å². The van der Waals surface area contributed by atoms with E-state index in [2.05, 4.69) is 29.0 Å². The number of nitrogens with zero attached hydrogens (tertiary/aromatic N) is 3. The maximum absolute atomic E-state index is 11.2. The second-order valence-electron chi connectivity index (χ2n) is 7.12. The topological polar surface area (TPSA) is 74.0 Å². The predicted octanol–water partition coefficient (Wildman–Crippen LogP) is 1.41. The first kappa shape index (κ1) is 19.0. The van der Waals surface area contributed by atoms with Crippen molar-refractivity contribution in [2.24, 2.45) is 16.6 Å². The van der Waals surface area contributed by atoms with Crippen molar-refractivity contribution in [1.82, 2.24) is 15.1 Å². The number of hydrogen-bond donors (Lipinski definition) is 2. The van der Waals surface area contributed by atoms with Gasteiger partial charge in [0, 0.05) is 32.1 Å². The van der Waals surface area contributed by atoms with Crippen molar-refractivity contribution in [3.05, 3.63) is 0 Å². The van der Waals surface area contributed by atoms with Crippen LogP contribution in [-0.4, -0.2) is 67.0 Å². The molecule has 2 atom stereocenters. The first-order valence-electron chi connectivity index (χ1n) is 9.69. The summed E-state index contributed by atoms with van der Waals surface area (Å²) in [6, 6.07) is 0.548. The van der Waals surface area contributed by atoms with Crippen LogP contribution in [0.5, 0.6) is 0 Å². The van der Waals surface area contributed by atoms with Gasteiger partial charge in [-0.05, 0) is 58.0 Å². The molecule has 2 heterocycles. The SMILES string of the molecule is CCNC(=NCC(CC)N1CCCC1)N1CCCC(CC(N)=O)C1. The van der Waals surface area contributed by atoms with Gasteiger partial charge in [0.1, 0.15) is 0 Å². The second-order valence-corrected chi connectivity index (χ2v) is 7.12. The third-order valence-electron chi connectivity index (χ3n) is 5.22. The standard InChI is InChI=1S/C18H35N5O/c1-3-16(22-9-5-6-10-22)13-21-18(20-4-2)23-11-7-8-15(14-23)12-17(19)24/h15-16H,3-14H2,1-2H3,(H2,19,24)(H,20,21). The maximum atomic E-state index is 11.2. The number of carbonyl (C=O) groups is 1. The molecule has 0 aromatic rings. The minimum Gasteiger partial charge on any atom is -0.370 e. The number of carbonyl (C=O) groups excluding carboxylic acids is 1. The summed E-state index contributed by atoms with van der Waals surface area (Å²) in [5.74, 6) is 1.17. The highest BCUT2D eigenvalue weighted by molar-refractivity contribution is 5.80. The summed E-state index contributed by atoms with van der Waals surface area (Å²) < 4.78 is 0. The van der Waals surface area contributed by atoms with E-state index in [1.165, 1.54) is 25.9 Å². The molecule has 2 saturated heterocycles. The van der Waals surface area contributed by atoms with Gasteiger partial charge in [0.05, 0.1) is 6.54 Å². The first-order chi connectivity index (χ1) is 11.6. The number of primary amides is 1. The van der Waals surface area contributed by atoms with Crippen LogP contribution in [0.2, 0.25) is 0 Å². The van der Waals surface area contributed by atoms with Crippen LogP contribution in [0.3, 0.4) is 0 Å². The van der Waals surface area contributed by atoms with Crippen LogP contribution >= 0.6 is 0 Å². The number of nitrogens with two attached hydrogens (primary N) is 1. The molecule has 2 rings (SSSR count). The van der Waals surface area contributed by atoms with Crippen LogP contribution in [-0.2, 0) is 4.79 Å². The largest absolute Gasteiger partial charge is 0.370 e. The molecule has 2 unspecified atom stereocenters. The van der Waals surface area contributed by atoms with Crippen LogP contribution in [0.1, 0.15) is 52.4 Å². The quantitative estimate of drug-likeness (QED) is 0.544. The number of piperidine rings is 1. The zero-order valence-corrected chi connectivity index (χ0v) is 15.5. The highest BCUT2D eigenvalue weighted by Crippen LogP contribution is 2.20. The van der Waals surface area contributed by atoms with E-state index in [1.54, 1.807) is 0 Å². The van der Waals surface area contributed by atoms with Crippen LogP contribution in [0.15, 0.2) is 4.99 Å². The van der Waals surface area contributed by atoms with Gasteiger partial charge in [-0.3, -0.25) is 14.7 Å². The molecule has 1 amide bonds. The van der Waals surface area contributed by atoms with Gasteiger partial charge < -0.3 is 16.0 Å². The fraction of sp³-hybridized carbons (Fsp3) is 0.889. The zero-order chi connectivity index (χ0) is 17.4. The molecule has 2 aliphatic rings. The average Bonchev–Trinajstić information content (AvgIpc) is 3.08. The summed E-state index contributed by atoms with van der Waals surface area (Å²) in [5, 5.41) is 3.44. The Morgan fingerprint density at radius 1 is 1.25 bits per heavy atom. The molecule has 0 spiro atoms. The molecule has 0 radical (unpaired) electrons. The van der Waals surface area contributed by atoms with Crippen molar-refractivity contribution in [1.29, 1.82) is 0 Å². The average molecular weight is 338 g/mol. The van der Waals surface area contributed by atoms with Crippen molar-refractivity contribution in [3.63, 3.8) is 0 Å². The molecule has 6 heteroatoms. The highest BCUT2D eigenvalue weighted by Gasteiger charge is 2.24. The Hall–Kier alpha value is -1.30. The van der Waals surface area contributed by atoms with Crippen LogP contribution in [0.4, 0.5) is 0 Å². The zero-order valence-electron chi connectivity index (χ0n) is 15.5. The van der Waals surface area contributed by atoms with Crippen molar-refractivity contribution in [2.45, 2.75) is 58.4 Å². The summed E-state index contributed by atoms with van der Waals surface area (Å²) in [7, 11) is 0. The Bertz CT molecular complexity index is 420. The summed E-state index contributed by atoms with van der Waals surface area (Å²) in [5.41, 5.74) is 5.38. The molecule has 0 saturated carbocycles. The van der Waals surface area contributed by atoms with E-state index in [1.807, 2.05) is 0 Å². The molecule has 0 bridgehead atoms. The van der Waals surface area contributed by atoms with E-state index in [9.17, 15) is 4.79 Å². The van der Waals surface area contributed by atoms with Crippen LogP contribution in [0.25, 0.3) is 0 Å². The first-order valence-corrected chi connectivity index (χ1v) is 9.69. The number of rotatable bonds is 7. The van der Waals surface area contributed by atoms with Crippen molar-refractivity contribution >= 4 is 11.9 Å². The van der Waals surface area contributed by atoms with Gasteiger partial charge in [0.15, 0.2) is 5.96 Å². The molecule has 2 aliphatic heterocycles. The monoisotopic (exact) mass is 337 g/mol. The van der Waals surface area contributed by atoms with Crippen molar-refractivity contribution in [2.75, 3.05) is 39.3 Å². The lowest BCUT2D eigenvalue weighted by atomic mass is 9.95. The van der Waals surface area contributed by atoms with Gasteiger partial charge in [-0.15, -0.1) is 0 Å². The van der Waals surface area contributed by atoms with Crippen LogP contribution in [0, 0.1) is 5.92 Å². The smallest absolute Gasteiger partial charge is 0.217 e. The van der Waals surface area contributed by atoms with E-state index in [4.69, 9.17) is 10.7 Å². The summed E-state index contributed by atoms with van der Waals surface area (Å²) in [6.45, 7) is 10.4. The Balaban J connectivity index is 1.96. The van der Waals surface area contributed by atoms with E-state index < -0.39 is 0 Å². The molecule has 3 N–H and O–H groups in total. The van der Waals surface area contributed by atoms with Gasteiger partial charge in [0.2, 0.25) is 5.91 Å². The second kappa shape index (κ2) is 9.87. The Morgan fingerprint density at radius 2 is 2.00 bits per heavy atom. The molecule has 2 fully saturated rings. The van der Waals surface area contributed by atoms with E-state index in [0.717, 1.165) is 51.4 Å². The molecule has 24 heavy (non-hydrogen) atoms. The van der Waals surface area contributed by atoms with Gasteiger partial charge >= 0.3 is 0 Å². The number of guanidine groups is 1. The molecule has 0 aromatic carbocycles. The lowest BCUT2D eigenvalue weighted by Gasteiger charge is -2.35. The predicted molar refractivity (Wildman–Crippen MR) is 99.0 cm³/mol. The lowest BCUT2D eigenvalue weighted by Crippen LogP contribution is -2.47. The minimum absolute atomic E-state index is 0.191. The molecule has 0 aromatic heterocycles. The molecule has 6 nitrogen and oxygen atoms in total. The lowest BCUT2D eigenvalue weighted by molar-refractivity contribution is -0.119. The minimum atomic E-state index is -0.191. The fourth-order valence-corrected chi connectivity index (χ4v) is 3.94. The van der Waals surface area contributed by atoms with E-state index >= 15 is 0 Å². The maximum Gasteiger partial charge on any atom is 0.217 e. The highest BCUT2D eigenvalue weighted by atomic mass is 16.1. The summed E-state index contributed by atoms with van der Waals surface area (Å²) in [4.78, 5) is 21.1. The number of likely N-dealkylation sites (tertiary alicyclic amines) is 2. The summed E-state index contributed by atoms with van der Waals surface area (Å²) in [6.07, 6.45) is 6.47. The van der Waals surface area contributed by atoms with Gasteiger partial charge in [-0.25, -0.2) is 0 Å². The third kappa shape index (κ3) is 5.65. The Kier molecular flexibility index (Phi) is 7.82. The summed E-state index contributed by atoms with van der Waals surface area (Å²) >= 11 is 0. The number of amides is 1. The normalized spacial score (nSPS) is 24.2. The van der Waals surface area contributed by atoms with Crippen molar-refractivity contribution < 1.29 is 4.79 Å². The van der Waals surface area contributed by atoms with E-state index in [0.29, 0.717) is 18.4 Å². The Morgan fingerprint density at radius 3 is 2.62 bits per heavy atom.